The molecular weight excluding hydrogens is 146 g/mol. The van der Waals surface area contributed by atoms with Gasteiger partial charge in [0.05, 0.1) is 12.3 Å². The highest BCUT2D eigenvalue weighted by Gasteiger charge is 2.02. The number of carbonyl (C=O) groups excluding carboxylic acids is 1. The predicted octanol–water partition coefficient (Wildman–Crippen LogP) is -1.11. The number of aliphatic hydroxyl groups is 1. The molecule has 0 fully saturated rings. The van der Waals surface area contributed by atoms with Crippen LogP contribution < -0.4 is 5.73 Å². The molecule has 0 atom stereocenters. The molecule has 0 aromatic carbocycles. The summed E-state index contributed by atoms with van der Waals surface area (Å²) >= 11 is 0. The maximum Gasteiger partial charge on any atom is 0.214 e. The highest BCUT2D eigenvalue weighted by molar-refractivity contribution is 5.78. The van der Waals surface area contributed by atoms with Gasteiger partial charge in [-0.05, 0) is 0 Å². The van der Waals surface area contributed by atoms with Crippen LogP contribution in [0.4, 0.5) is 0 Å². The van der Waals surface area contributed by atoms with E-state index in [1.165, 1.54) is 0 Å². The number of hydrogen-bond donors (Lipinski definition) is 3. The van der Waals surface area contributed by atoms with Crippen molar-refractivity contribution < 1.29 is 9.90 Å². The molecule has 62 valence electrons. The fraction of sp³-hybridized carbons (Fsp3) is 0.333. The van der Waals surface area contributed by atoms with Gasteiger partial charge in [0, 0.05) is 19.0 Å². The predicted molar refractivity (Wildman–Crippen MR) is 40.9 cm³/mol. The molecule has 1 amide bonds. The summed E-state index contributed by atoms with van der Waals surface area (Å²) < 4.78 is 0. The van der Waals surface area contributed by atoms with Crippen LogP contribution in [0.2, 0.25) is 0 Å². The van der Waals surface area contributed by atoms with Crippen LogP contribution in [-0.4, -0.2) is 35.8 Å². The molecule has 0 aliphatic heterocycles. The van der Waals surface area contributed by atoms with Crippen molar-refractivity contribution >= 4 is 12.6 Å². The summed E-state index contributed by atoms with van der Waals surface area (Å²) in [7, 11) is 0. The molecule has 5 nitrogen and oxygen atoms in total. The normalized spacial score (nSPS) is 10.8. The number of carbonyl (C=O) groups is 1. The highest BCUT2D eigenvalue weighted by Crippen LogP contribution is 1.94. The number of allylic oxidation sites excluding steroid dienone is 1. The Morgan fingerprint density at radius 2 is 2.36 bits per heavy atom. The summed E-state index contributed by atoms with van der Waals surface area (Å²) in [6.45, 7) is 0.00579. The summed E-state index contributed by atoms with van der Waals surface area (Å²) in [4.78, 5) is 11.4. The Hall–Kier alpha value is -1.36. The molecule has 0 spiro atoms. The lowest BCUT2D eigenvalue weighted by atomic mass is 10.4. The SMILES string of the molecule is N=C/C(=C\N)N(C=O)CCO. The molecule has 0 rings (SSSR count). The van der Waals surface area contributed by atoms with Crippen molar-refractivity contribution in [2.45, 2.75) is 0 Å². The number of nitrogens with zero attached hydrogens (tertiary/aromatic N) is 1. The van der Waals surface area contributed by atoms with Crippen molar-refractivity contribution in [2.75, 3.05) is 13.2 Å². The maximum atomic E-state index is 10.3. The minimum Gasteiger partial charge on any atom is -0.403 e. The summed E-state index contributed by atoms with van der Waals surface area (Å²) in [5.41, 5.74) is 5.37. The Labute approximate surface area is 64.6 Å². The summed E-state index contributed by atoms with van der Waals surface area (Å²) in [6.07, 6.45) is 2.60. The molecule has 0 unspecified atom stereocenters. The van der Waals surface area contributed by atoms with Crippen molar-refractivity contribution in [3.8, 4) is 0 Å². The van der Waals surface area contributed by atoms with Gasteiger partial charge in [0.1, 0.15) is 0 Å². The first-order chi connectivity index (χ1) is 5.29. The Morgan fingerprint density at radius 1 is 1.73 bits per heavy atom. The van der Waals surface area contributed by atoms with E-state index in [1.807, 2.05) is 0 Å². The summed E-state index contributed by atoms with van der Waals surface area (Å²) in [6, 6.07) is 0. The summed E-state index contributed by atoms with van der Waals surface area (Å²) in [5, 5.41) is 15.3. The van der Waals surface area contributed by atoms with E-state index in [9.17, 15) is 4.79 Å². The Balaban J connectivity index is 4.21. The van der Waals surface area contributed by atoms with Gasteiger partial charge in [-0.15, -0.1) is 0 Å². The lowest BCUT2D eigenvalue weighted by molar-refractivity contribution is -0.116. The molecule has 0 heterocycles. The zero-order chi connectivity index (χ0) is 8.69. The highest BCUT2D eigenvalue weighted by atomic mass is 16.3. The van der Waals surface area contributed by atoms with E-state index in [1.54, 1.807) is 0 Å². The third kappa shape index (κ3) is 2.81. The van der Waals surface area contributed by atoms with E-state index < -0.39 is 0 Å². The Kier molecular flexibility index (Phi) is 4.76. The summed E-state index contributed by atoms with van der Waals surface area (Å²) in [5.74, 6) is 0. The molecule has 0 radical (unpaired) electrons. The van der Waals surface area contributed by atoms with Crippen molar-refractivity contribution in [1.29, 1.82) is 5.41 Å². The standard InChI is InChI=1S/C6H11N3O2/c7-3-6(4-8)9(5-11)1-2-10/h3-5,7,10H,1-2,8H2/b6-4+,7-3?. The first kappa shape index (κ1) is 9.64. The van der Waals surface area contributed by atoms with Crippen LogP contribution in [0.25, 0.3) is 0 Å². The number of nitrogens with one attached hydrogen (secondary N) is 1. The topological polar surface area (TPSA) is 90.4 Å². The molecule has 4 N–H and O–H groups in total. The number of nitrogens with two attached hydrogens (primary N) is 1. The van der Waals surface area contributed by atoms with Crippen LogP contribution >= 0.6 is 0 Å². The molecule has 0 saturated heterocycles. The first-order valence-corrected chi connectivity index (χ1v) is 3.05. The van der Waals surface area contributed by atoms with E-state index in [4.69, 9.17) is 16.2 Å². The van der Waals surface area contributed by atoms with E-state index in [-0.39, 0.29) is 18.8 Å². The van der Waals surface area contributed by atoms with Crippen LogP contribution in [0.3, 0.4) is 0 Å². The molecule has 0 saturated carbocycles. The van der Waals surface area contributed by atoms with E-state index >= 15 is 0 Å². The molecule has 0 aliphatic carbocycles. The zero-order valence-corrected chi connectivity index (χ0v) is 6.03. The van der Waals surface area contributed by atoms with Crippen molar-refractivity contribution in [3.05, 3.63) is 11.9 Å². The monoisotopic (exact) mass is 157 g/mol. The van der Waals surface area contributed by atoms with Crippen molar-refractivity contribution in [2.24, 2.45) is 5.73 Å². The average molecular weight is 157 g/mol. The van der Waals surface area contributed by atoms with Crippen LogP contribution in [0, 0.1) is 5.41 Å². The molecule has 0 aromatic rings. The number of rotatable bonds is 5. The zero-order valence-electron chi connectivity index (χ0n) is 6.03. The number of aliphatic hydroxyl groups excluding tert-OH is 1. The van der Waals surface area contributed by atoms with Crippen molar-refractivity contribution in [3.63, 3.8) is 0 Å². The fourth-order valence-corrected chi connectivity index (χ4v) is 0.577. The largest absolute Gasteiger partial charge is 0.403 e. The van der Waals surface area contributed by atoms with Gasteiger partial charge in [-0.25, -0.2) is 0 Å². The van der Waals surface area contributed by atoms with Crippen LogP contribution in [-0.2, 0) is 4.79 Å². The second kappa shape index (κ2) is 5.43. The smallest absolute Gasteiger partial charge is 0.214 e. The average Bonchev–Trinajstić information content (AvgIpc) is 2.05. The van der Waals surface area contributed by atoms with Gasteiger partial charge < -0.3 is 21.1 Å². The molecule has 11 heavy (non-hydrogen) atoms. The van der Waals surface area contributed by atoms with Crippen LogP contribution in [0.5, 0.6) is 0 Å². The fourth-order valence-electron chi connectivity index (χ4n) is 0.577. The Morgan fingerprint density at radius 3 is 2.64 bits per heavy atom. The molecule has 0 aliphatic rings. The third-order valence-electron chi connectivity index (χ3n) is 1.12. The molecule has 0 aromatic heterocycles. The van der Waals surface area contributed by atoms with E-state index in [2.05, 4.69) is 0 Å². The first-order valence-electron chi connectivity index (χ1n) is 3.05. The minimum atomic E-state index is -0.149. The van der Waals surface area contributed by atoms with E-state index in [0.29, 0.717) is 6.41 Å². The molecule has 0 bridgehead atoms. The number of hydrogen-bond acceptors (Lipinski definition) is 4. The lowest BCUT2D eigenvalue weighted by Crippen LogP contribution is -2.26. The lowest BCUT2D eigenvalue weighted by Gasteiger charge is -2.14. The van der Waals surface area contributed by atoms with Crippen LogP contribution in [0.15, 0.2) is 11.9 Å². The Bertz CT molecular complexity index is 167. The van der Waals surface area contributed by atoms with Gasteiger partial charge in [-0.3, -0.25) is 4.79 Å². The quantitative estimate of drug-likeness (QED) is 0.349. The van der Waals surface area contributed by atoms with Gasteiger partial charge in [-0.2, -0.15) is 0 Å². The maximum absolute atomic E-state index is 10.3. The van der Waals surface area contributed by atoms with Gasteiger partial charge in [0.15, 0.2) is 0 Å². The van der Waals surface area contributed by atoms with Gasteiger partial charge >= 0.3 is 0 Å². The van der Waals surface area contributed by atoms with Gasteiger partial charge in [0.2, 0.25) is 6.41 Å². The second-order valence-electron chi connectivity index (χ2n) is 1.76. The van der Waals surface area contributed by atoms with E-state index in [0.717, 1.165) is 17.3 Å². The molecular formula is C6H11N3O2. The minimum absolute atomic E-state index is 0.149. The third-order valence-corrected chi connectivity index (χ3v) is 1.12. The van der Waals surface area contributed by atoms with Crippen LogP contribution in [0.1, 0.15) is 0 Å². The van der Waals surface area contributed by atoms with Gasteiger partial charge in [0.25, 0.3) is 0 Å². The molecule has 5 heteroatoms. The van der Waals surface area contributed by atoms with Gasteiger partial charge in [-0.1, -0.05) is 0 Å². The van der Waals surface area contributed by atoms with Crippen molar-refractivity contribution in [1.82, 2.24) is 4.90 Å². The second-order valence-corrected chi connectivity index (χ2v) is 1.76. The number of amides is 1.